The lowest BCUT2D eigenvalue weighted by Gasteiger charge is -2.26. The fourth-order valence-electron chi connectivity index (χ4n) is 1.91. The second kappa shape index (κ2) is 8.03. The number of ether oxygens (including phenoxy) is 3. The highest BCUT2D eigenvalue weighted by molar-refractivity contribution is 5.74. The van der Waals surface area contributed by atoms with Crippen LogP contribution in [0, 0.1) is 0 Å². The van der Waals surface area contributed by atoms with E-state index in [1.807, 2.05) is 0 Å². The molecule has 1 aliphatic rings. The summed E-state index contributed by atoms with van der Waals surface area (Å²) in [4.78, 5) is 22.2. The SMILES string of the molecule is COC(CNC(=O)NCC1(OC)CCOC1)CC(=O)O. The van der Waals surface area contributed by atoms with Crippen LogP contribution in [0.25, 0.3) is 0 Å². The predicted molar refractivity (Wildman–Crippen MR) is 69.6 cm³/mol. The summed E-state index contributed by atoms with van der Waals surface area (Å²) in [6.45, 7) is 1.53. The summed E-state index contributed by atoms with van der Waals surface area (Å²) in [6.07, 6.45) is 0.0142. The summed E-state index contributed by atoms with van der Waals surface area (Å²) in [7, 11) is 2.99. The van der Waals surface area contributed by atoms with Crippen molar-refractivity contribution in [2.45, 2.75) is 24.5 Å². The minimum absolute atomic E-state index is 0.130. The average Bonchev–Trinajstić information content (AvgIpc) is 2.90. The van der Waals surface area contributed by atoms with Crippen molar-refractivity contribution in [1.82, 2.24) is 10.6 Å². The van der Waals surface area contributed by atoms with Crippen LogP contribution in [0.4, 0.5) is 4.79 Å². The molecule has 8 nitrogen and oxygen atoms in total. The zero-order chi connectivity index (χ0) is 15.0. The molecule has 8 heteroatoms. The molecule has 0 aliphatic carbocycles. The number of carboxylic acids is 1. The molecular weight excluding hydrogens is 268 g/mol. The van der Waals surface area contributed by atoms with Gasteiger partial charge < -0.3 is 30.0 Å². The maximum absolute atomic E-state index is 11.6. The van der Waals surface area contributed by atoms with Gasteiger partial charge in [-0.15, -0.1) is 0 Å². The van der Waals surface area contributed by atoms with E-state index in [-0.39, 0.29) is 19.0 Å². The summed E-state index contributed by atoms with van der Waals surface area (Å²) in [6, 6.07) is -0.388. The van der Waals surface area contributed by atoms with Gasteiger partial charge in [-0.25, -0.2) is 4.79 Å². The van der Waals surface area contributed by atoms with Crippen molar-refractivity contribution in [2.75, 3.05) is 40.5 Å². The minimum atomic E-state index is -0.972. The number of rotatable bonds is 8. The number of carbonyl (C=O) groups excluding carboxylic acids is 1. The van der Waals surface area contributed by atoms with Gasteiger partial charge in [-0.1, -0.05) is 0 Å². The number of carboxylic acid groups (broad SMARTS) is 1. The van der Waals surface area contributed by atoms with Gasteiger partial charge in [-0.3, -0.25) is 4.79 Å². The average molecular weight is 290 g/mol. The second-order valence-electron chi connectivity index (χ2n) is 4.71. The molecule has 1 rings (SSSR count). The number of amides is 2. The lowest BCUT2D eigenvalue weighted by molar-refractivity contribution is -0.139. The molecule has 2 unspecified atom stereocenters. The Kier molecular flexibility index (Phi) is 6.69. The van der Waals surface area contributed by atoms with Crippen molar-refractivity contribution in [3.05, 3.63) is 0 Å². The molecule has 3 N–H and O–H groups in total. The summed E-state index contributed by atoms with van der Waals surface area (Å²) in [5.74, 6) is -0.972. The maximum Gasteiger partial charge on any atom is 0.314 e. The van der Waals surface area contributed by atoms with Crippen LogP contribution >= 0.6 is 0 Å². The lowest BCUT2D eigenvalue weighted by atomic mass is 10.0. The molecule has 0 radical (unpaired) electrons. The summed E-state index contributed by atoms with van der Waals surface area (Å²) >= 11 is 0. The number of urea groups is 1. The van der Waals surface area contributed by atoms with Crippen LogP contribution in [-0.2, 0) is 19.0 Å². The predicted octanol–water partition coefficient (Wildman–Crippen LogP) is -0.419. The number of carbonyl (C=O) groups is 2. The highest BCUT2D eigenvalue weighted by atomic mass is 16.5. The van der Waals surface area contributed by atoms with E-state index in [1.54, 1.807) is 7.11 Å². The van der Waals surface area contributed by atoms with Crippen molar-refractivity contribution < 1.29 is 28.9 Å². The van der Waals surface area contributed by atoms with Gasteiger partial charge >= 0.3 is 12.0 Å². The Morgan fingerprint density at radius 3 is 2.65 bits per heavy atom. The standard InChI is InChI=1S/C12H22N2O6/c1-18-9(5-10(15)16)6-13-11(17)14-7-12(19-2)3-4-20-8-12/h9H,3-8H2,1-2H3,(H,15,16)(H2,13,14,17). The van der Waals surface area contributed by atoms with E-state index in [0.29, 0.717) is 19.8 Å². The van der Waals surface area contributed by atoms with E-state index >= 15 is 0 Å². The van der Waals surface area contributed by atoms with Gasteiger partial charge in [0.1, 0.15) is 5.60 Å². The third kappa shape index (κ3) is 5.32. The molecule has 1 fully saturated rings. The molecular formula is C12H22N2O6. The molecule has 2 atom stereocenters. The largest absolute Gasteiger partial charge is 0.481 e. The van der Waals surface area contributed by atoms with Gasteiger partial charge in [0.25, 0.3) is 0 Å². The van der Waals surface area contributed by atoms with Crippen molar-refractivity contribution >= 4 is 12.0 Å². The van der Waals surface area contributed by atoms with E-state index in [4.69, 9.17) is 19.3 Å². The topological polar surface area (TPSA) is 106 Å². The maximum atomic E-state index is 11.6. The van der Waals surface area contributed by atoms with Gasteiger partial charge in [0, 0.05) is 33.8 Å². The van der Waals surface area contributed by atoms with Crippen LogP contribution in [-0.4, -0.2) is 69.3 Å². The highest BCUT2D eigenvalue weighted by Gasteiger charge is 2.35. The number of nitrogens with one attached hydrogen (secondary N) is 2. The van der Waals surface area contributed by atoms with Crippen molar-refractivity contribution in [2.24, 2.45) is 0 Å². The summed E-state index contributed by atoms with van der Waals surface area (Å²) in [5.41, 5.74) is -0.473. The van der Waals surface area contributed by atoms with E-state index in [0.717, 1.165) is 6.42 Å². The number of hydrogen-bond acceptors (Lipinski definition) is 5. The van der Waals surface area contributed by atoms with Crippen molar-refractivity contribution in [1.29, 1.82) is 0 Å². The minimum Gasteiger partial charge on any atom is -0.481 e. The third-order valence-electron chi connectivity index (χ3n) is 3.30. The van der Waals surface area contributed by atoms with Crippen LogP contribution in [0.1, 0.15) is 12.8 Å². The molecule has 2 amide bonds. The van der Waals surface area contributed by atoms with E-state index < -0.39 is 17.7 Å². The first kappa shape index (κ1) is 16.7. The van der Waals surface area contributed by atoms with Gasteiger partial charge in [-0.2, -0.15) is 0 Å². The fraction of sp³-hybridized carbons (Fsp3) is 0.833. The van der Waals surface area contributed by atoms with E-state index in [1.165, 1.54) is 7.11 Å². The van der Waals surface area contributed by atoms with Gasteiger partial charge in [0.15, 0.2) is 0 Å². The fourth-order valence-corrected chi connectivity index (χ4v) is 1.91. The molecule has 0 saturated carbocycles. The molecule has 116 valence electrons. The molecule has 0 bridgehead atoms. The Bertz CT molecular complexity index is 330. The quantitative estimate of drug-likeness (QED) is 0.560. The first-order valence-electron chi connectivity index (χ1n) is 6.40. The Morgan fingerprint density at radius 2 is 2.15 bits per heavy atom. The van der Waals surface area contributed by atoms with E-state index in [9.17, 15) is 9.59 Å². The Hall–Kier alpha value is -1.38. The van der Waals surface area contributed by atoms with E-state index in [2.05, 4.69) is 10.6 Å². The van der Waals surface area contributed by atoms with Crippen LogP contribution in [0.5, 0.6) is 0 Å². The Labute approximate surface area is 117 Å². The zero-order valence-corrected chi connectivity index (χ0v) is 11.8. The molecule has 0 spiro atoms. The van der Waals surface area contributed by atoms with Gasteiger partial charge in [-0.05, 0) is 0 Å². The Morgan fingerprint density at radius 1 is 1.40 bits per heavy atom. The van der Waals surface area contributed by atoms with Gasteiger partial charge in [0.05, 0.1) is 25.7 Å². The van der Waals surface area contributed by atoms with Crippen LogP contribution in [0.2, 0.25) is 0 Å². The summed E-state index contributed by atoms with van der Waals surface area (Å²) < 4.78 is 15.6. The van der Waals surface area contributed by atoms with Crippen molar-refractivity contribution in [3.63, 3.8) is 0 Å². The smallest absolute Gasteiger partial charge is 0.314 e. The number of aliphatic carboxylic acids is 1. The Balaban J connectivity index is 2.27. The number of hydrogen-bond donors (Lipinski definition) is 3. The molecule has 0 aromatic heterocycles. The highest BCUT2D eigenvalue weighted by Crippen LogP contribution is 2.21. The molecule has 0 aromatic rings. The van der Waals surface area contributed by atoms with Gasteiger partial charge in [0.2, 0.25) is 0 Å². The number of methoxy groups -OCH3 is 2. The molecule has 1 aliphatic heterocycles. The first-order chi connectivity index (χ1) is 9.51. The third-order valence-corrected chi connectivity index (χ3v) is 3.30. The zero-order valence-electron chi connectivity index (χ0n) is 11.8. The monoisotopic (exact) mass is 290 g/mol. The van der Waals surface area contributed by atoms with Crippen LogP contribution in [0.3, 0.4) is 0 Å². The molecule has 20 heavy (non-hydrogen) atoms. The molecule has 1 heterocycles. The molecule has 1 saturated heterocycles. The summed E-state index contributed by atoms with van der Waals surface area (Å²) in [5, 5.41) is 13.9. The lowest BCUT2D eigenvalue weighted by Crippen LogP contribution is -2.49. The first-order valence-corrected chi connectivity index (χ1v) is 6.40. The normalized spacial score (nSPS) is 23.3. The second-order valence-corrected chi connectivity index (χ2v) is 4.71. The van der Waals surface area contributed by atoms with Crippen molar-refractivity contribution in [3.8, 4) is 0 Å². The molecule has 0 aromatic carbocycles. The van der Waals surface area contributed by atoms with Crippen LogP contribution in [0.15, 0.2) is 0 Å². The van der Waals surface area contributed by atoms with Crippen LogP contribution < -0.4 is 10.6 Å².